The number of nitrogens with one attached hydrogen (secondary N) is 2. The molecule has 1 aromatic carbocycles. The molecule has 138 valence electrons. The van der Waals surface area contributed by atoms with Gasteiger partial charge in [-0.15, -0.1) is 11.8 Å². The topological polar surface area (TPSA) is 79.6 Å². The smallest absolute Gasteiger partial charge is 0.126 e. The third-order valence-electron chi connectivity index (χ3n) is 4.11. The second-order valence-corrected chi connectivity index (χ2v) is 6.89. The molecule has 5 nitrogen and oxygen atoms in total. The summed E-state index contributed by atoms with van der Waals surface area (Å²) in [5.74, 6) is 0.909. The fourth-order valence-electron chi connectivity index (χ4n) is 2.51. The van der Waals surface area contributed by atoms with Crippen LogP contribution in [0.1, 0.15) is 11.3 Å². The molecule has 0 saturated carbocycles. The number of thioether (sulfide) groups is 1. The number of nitrogens with two attached hydrogens (primary N) is 1. The molecule has 0 aliphatic rings. The number of aryl methyl sites for hydroxylation is 1. The Morgan fingerprint density at radius 3 is 2.67 bits per heavy atom. The zero-order valence-corrected chi connectivity index (χ0v) is 16.3. The normalized spacial score (nSPS) is 10.3. The van der Waals surface area contributed by atoms with Gasteiger partial charge >= 0.3 is 0 Å². The van der Waals surface area contributed by atoms with E-state index in [2.05, 4.69) is 56.9 Å². The van der Waals surface area contributed by atoms with Gasteiger partial charge in [0.05, 0.1) is 11.4 Å². The molecule has 0 aliphatic heterocycles. The van der Waals surface area contributed by atoms with Gasteiger partial charge in [-0.05, 0) is 66.6 Å². The van der Waals surface area contributed by atoms with E-state index in [-0.39, 0.29) is 0 Å². The lowest BCUT2D eigenvalue weighted by molar-refractivity contribution is 1.10. The number of benzene rings is 1. The molecule has 0 bridgehead atoms. The number of rotatable bonds is 4. The zero-order valence-electron chi connectivity index (χ0n) is 15.4. The third-order valence-corrected chi connectivity index (χ3v) is 4.82. The fourth-order valence-corrected chi connectivity index (χ4v) is 2.87. The monoisotopic (exact) mass is 377 g/mol. The van der Waals surface area contributed by atoms with E-state index in [0.717, 1.165) is 23.7 Å². The van der Waals surface area contributed by atoms with Crippen molar-refractivity contribution in [2.24, 2.45) is 0 Å². The summed E-state index contributed by atoms with van der Waals surface area (Å²) < 4.78 is 0. The second kappa shape index (κ2) is 9.09. The molecule has 6 heteroatoms. The molecule has 0 radical (unpaired) electrons. The van der Waals surface area contributed by atoms with Crippen LogP contribution in [0.2, 0.25) is 0 Å². The van der Waals surface area contributed by atoms with Gasteiger partial charge in [0.15, 0.2) is 0 Å². The van der Waals surface area contributed by atoms with Crippen molar-refractivity contribution < 1.29 is 0 Å². The van der Waals surface area contributed by atoms with E-state index in [1.54, 1.807) is 18.0 Å². The predicted octanol–water partition coefficient (Wildman–Crippen LogP) is 4.87. The number of H-pyrrole nitrogens is 1. The largest absolute Gasteiger partial charge is 0.397 e. The lowest BCUT2D eigenvalue weighted by Crippen LogP contribution is -2.00. The molecular formula is C21H23N5S. The molecule has 0 unspecified atom stereocenters. The summed E-state index contributed by atoms with van der Waals surface area (Å²) in [5, 5.41) is 4.58. The lowest BCUT2D eigenvalue weighted by atomic mass is 10.1. The summed E-state index contributed by atoms with van der Waals surface area (Å²) in [6.07, 6.45) is 7.63. The van der Waals surface area contributed by atoms with Gasteiger partial charge in [0, 0.05) is 35.5 Å². The van der Waals surface area contributed by atoms with Crippen molar-refractivity contribution in [2.45, 2.75) is 18.4 Å². The Balaban J connectivity index is 0.000000221. The Morgan fingerprint density at radius 1 is 1.11 bits per heavy atom. The van der Waals surface area contributed by atoms with Crippen molar-refractivity contribution in [3.8, 4) is 0 Å². The Kier molecular flexibility index (Phi) is 6.33. The van der Waals surface area contributed by atoms with Gasteiger partial charge in [-0.3, -0.25) is 4.98 Å². The van der Waals surface area contributed by atoms with Crippen molar-refractivity contribution >= 4 is 34.2 Å². The minimum atomic E-state index is 0.757. The van der Waals surface area contributed by atoms with Crippen LogP contribution >= 0.6 is 11.8 Å². The molecule has 27 heavy (non-hydrogen) atoms. The molecule has 0 saturated heterocycles. The molecule has 0 amide bonds. The molecule has 4 aromatic rings. The second-order valence-electron chi connectivity index (χ2n) is 6.01. The summed E-state index contributed by atoms with van der Waals surface area (Å²) in [4.78, 5) is 12.7. The first-order chi connectivity index (χ1) is 13.2. The van der Waals surface area contributed by atoms with Crippen LogP contribution in [-0.4, -0.2) is 21.2 Å². The number of anilines is 2. The Morgan fingerprint density at radius 2 is 2.00 bits per heavy atom. The molecule has 0 aliphatic carbocycles. The number of pyridine rings is 2. The number of nitrogen functional groups attached to an aromatic ring is 1. The summed E-state index contributed by atoms with van der Waals surface area (Å²) in [7, 11) is 0. The van der Waals surface area contributed by atoms with Crippen LogP contribution in [0.15, 0.2) is 72.0 Å². The van der Waals surface area contributed by atoms with Crippen LogP contribution in [0, 0.1) is 6.92 Å². The van der Waals surface area contributed by atoms with Crippen LogP contribution in [0.3, 0.4) is 0 Å². The maximum Gasteiger partial charge on any atom is 0.126 e. The average Bonchev–Trinajstić information content (AvgIpc) is 3.17. The van der Waals surface area contributed by atoms with E-state index in [0.29, 0.717) is 0 Å². The van der Waals surface area contributed by atoms with E-state index in [4.69, 9.17) is 5.73 Å². The molecule has 4 N–H and O–H groups in total. The maximum absolute atomic E-state index is 5.46. The van der Waals surface area contributed by atoms with Crippen LogP contribution in [-0.2, 0) is 6.54 Å². The quantitative estimate of drug-likeness (QED) is 0.442. The molecule has 0 atom stereocenters. The summed E-state index contributed by atoms with van der Waals surface area (Å²) in [6.45, 7) is 2.67. The van der Waals surface area contributed by atoms with Crippen LogP contribution in [0.5, 0.6) is 0 Å². The van der Waals surface area contributed by atoms with E-state index in [9.17, 15) is 0 Å². The maximum atomic E-state index is 5.46. The highest BCUT2D eigenvalue weighted by molar-refractivity contribution is 7.98. The highest BCUT2D eigenvalue weighted by atomic mass is 32.2. The van der Waals surface area contributed by atoms with Crippen LogP contribution < -0.4 is 11.1 Å². The Labute approximate surface area is 163 Å². The number of aromatic nitrogens is 3. The van der Waals surface area contributed by atoms with Gasteiger partial charge in [-0.1, -0.05) is 6.07 Å². The summed E-state index contributed by atoms with van der Waals surface area (Å²) in [5.41, 5.74) is 9.54. The number of nitrogens with zero attached hydrogens (tertiary/aromatic N) is 2. The highest BCUT2D eigenvalue weighted by Crippen LogP contribution is 2.17. The van der Waals surface area contributed by atoms with E-state index >= 15 is 0 Å². The van der Waals surface area contributed by atoms with Crippen molar-refractivity contribution in [1.29, 1.82) is 0 Å². The average molecular weight is 378 g/mol. The third kappa shape index (κ3) is 5.24. The van der Waals surface area contributed by atoms with Crippen molar-refractivity contribution in [3.63, 3.8) is 0 Å². The van der Waals surface area contributed by atoms with Crippen LogP contribution in [0.4, 0.5) is 11.5 Å². The summed E-state index contributed by atoms with van der Waals surface area (Å²) in [6, 6.07) is 16.3. The van der Waals surface area contributed by atoms with Crippen molar-refractivity contribution in [2.75, 3.05) is 17.3 Å². The standard InChI is InChI=1S/C15H15N3S.C6H8N2/c1-19-13-3-5-15(18-10-13)17-9-11-2-4-14-12(8-11)6-7-16-14;1-5-6(7)3-2-4-8-5/h2-8,10,16H,9H2,1H3,(H,17,18);2-4H,7H2,1H3. The van der Waals surface area contributed by atoms with Crippen molar-refractivity contribution in [1.82, 2.24) is 15.0 Å². The fraction of sp³-hybridized carbons (Fsp3) is 0.143. The van der Waals surface area contributed by atoms with Crippen LogP contribution in [0.25, 0.3) is 10.9 Å². The van der Waals surface area contributed by atoms with Gasteiger partial charge < -0.3 is 16.0 Å². The van der Waals surface area contributed by atoms with Gasteiger partial charge in [0.1, 0.15) is 5.82 Å². The molecule has 4 rings (SSSR count). The molecule has 3 aromatic heterocycles. The first-order valence-electron chi connectivity index (χ1n) is 8.63. The predicted molar refractivity (Wildman–Crippen MR) is 115 cm³/mol. The number of hydrogen-bond donors (Lipinski definition) is 3. The number of aromatic amines is 1. The van der Waals surface area contributed by atoms with Gasteiger partial charge in [0.25, 0.3) is 0 Å². The van der Waals surface area contributed by atoms with E-state index in [1.165, 1.54) is 21.4 Å². The van der Waals surface area contributed by atoms with E-state index < -0.39 is 0 Å². The highest BCUT2D eigenvalue weighted by Gasteiger charge is 1.99. The Bertz CT molecular complexity index is 974. The molecule has 3 heterocycles. The number of fused-ring (bicyclic) bond motifs is 1. The van der Waals surface area contributed by atoms with E-state index in [1.807, 2.05) is 37.5 Å². The van der Waals surface area contributed by atoms with Crippen molar-refractivity contribution in [3.05, 3.63) is 78.4 Å². The first-order valence-corrected chi connectivity index (χ1v) is 9.85. The molecule has 0 spiro atoms. The SMILES string of the molecule is CSc1ccc(NCc2ccc3[nH]ccc3c2)nc1.Cc1ncccc1N. The minimum absolute atomic E-state index is 0.757. The molecule has 0 fully saturated rings. The minimum Gasteiger partial charge on any atom is -0.397 e. The van der Waals surface area contributed by atoms with Gasteiger partial charge in [-0.25, -0.2) is 4.98 Å². The van der Waals surface area contributed by atoms with Gasteiger partial charge in [0.2, 0.25) is 0 Å². The summed E-state index contributed by atoms with van der Waals surface area (Å²) >= 11 is 1.70. The Hall–Kier alpha value is -2.99. The van der Waals surface area contributed by atoms with Gasteiger partial charge in [-0.2, -0.15) is 0 Å². The molecular weight excluding hydrogens is 354 g/mol. The first kappa shape index (κ1) is 18.8. The zero-order chi connectivity index (χ0) is 19.1. The number of hydrogen-bond acceptors (Lipinski definition) is 5. The lowest BCUT2D eigenvalue weighted by Gasteiger charge is -2.06.